The van der Waals surface area contributed by atoms with Crippen LogP contribution >= 0.6 is 0 Å². The minimum Gasteiger partial charge on any atom is -0.409 e. The van der Waals surface area contributed by atoms with Gasteiger partial charge in [-0.1, -0.05) is 17.3 Å². The van der Waals surface area contributed by atoms with Crippen LogP contribution in [0.5, 0.6) is 0 Å². The van der Waals surface area contributed by atoms with Crippen LogP contribution in [-0.4, -0.2) is 17.1 Å². The molecule has 1 atom stereocenters. The molecular weight excluding hydrogens is 209 g/mol. The maximum absolute atomic E-state index is 13.5. The zero-order valence-electron chi connectivity index (χ0n) is 9.37. The molecule has 1 unspecified atom stereocenters. The summed E-state index contributed by atoms with van der Waals surface area (Å²) < 4.78 is 13.5. The molecule has 0 heterocycles. The van der Waals surface area contributed by atoms with E-state index in [0.717, 1.165) is 5.56 Å². The second-order valence-electron chi connectivity index (χ2n) is 3.77. The molecule has 4 N–H and O–H groups in total. The van der Waals surface area contributed by atoms with Crippen molar-refractivity contribution in [1.82, 2.24) is 0 Å². The van der Waals surface area contributed by atoms with Crippen LogP contribution in [0.2, 0.25) is 0 Å². The van der Waals surface area contributed by atoms with Gasteiger partial charge in [0.05, 0.1) is 5.69 Å². The van der Waals surface area contributed by atoms with E-state index in [0.29, 0.717) is 12.1 Å². The monoisotopic (exact) mass is 225 g/mol. The molecule has 0 saturated heterocycles. The Morgan fingerprint density at radius 2 is 2.31 bits per heavy atom. The summed E-state index contributed by atoms with van der Waals surface area (Å²) in [5, 5.41) is 14.3. The lowest BCUT2D eigenvalue weighted by molar-refractivity contribution is 0.316. The van der Waals surface area contributed by atoms with Crippen molar-refractivity contribution in [1.29, 1.82) is 0 Å². The van der Waals surface area contributed by atoms with Crippen molar-refractivity contribution in [2.75, 3.05) is 5.32 Å². The Labute approximate surface area is 94.0 Å². The number of oxime groups is 1. The number of anilines is 1. The fraction of sp³-hybridized carbons (Fsp3) is 0.364. The summed E-state index contributed by atoms with van der Waals surface area (Å²) in [6, 6.07) is 4.77. The summed E-state index contributed by atoms with van der Waals surface area (Å²) in [5.74, 6) is -0.180. The van der Waals surface area contributed by atoms with Crippen molar-refractivity contribution < 1.29 is 9.60 Å². The molecule has 0 aliphatic carbocycles. The molecule has 0 spiro atoms. The third-order valence-corrected chi connectivity index (χ3v) is 2.26. The van der Waals surface area contributed by atoms with E-state index < -0.39 is 0 Å². The standard InChI is InChI=1S/C11H16FN3O/c1-7-4-3-5-9(12)11(7)14-8(2)6-10(13)15-16/h3-5,8,14,16H,6H2,1-2H3,(H2,13,15). The predicted octanol–water partition coefficient (Wildman–Crippen LogP) is 2.07. The lowest BCUT2D eigenvalue weighted by Gasteiger charge is -2.16. The number of nitrogens with two attached hydrogens (primary N) is 1. The van der Waals surface area contributed by atoms with E-state index in [-0.39, 0.29) is 17.7 Å². The van der Waals surface area contributed by atoms with Crippen LogP contribution in [0.4, 0.5) is 10.1 Å². The molecule has 5 heteroatoms. The molecule has 1 rings (SSSR count). The van der Waals surface area contributed by atoms with Crippen LogP contribution in [0, 0.1) is 12.7 Å². The van der Waals surface area contributed by atoms with E-state index in [9.17, 15) is 4.39 Å². The van der Waals surface area contributed by atoms with Gasteiger partial charge in [0.15, 0.2) is 0 Å². The van der Waals surface area contributed by atoms with Gasteiger partial charge in [-0.15, -0.1) is 0 Å². The molecule has 88 valence electrons. The Morgan fingerprint density at radius 1 is 1.62 bits per heavy atom. The summed E-state index contributed by atoms with van der Waals surface area (Å²) in [7, 11) is 0. The number of hydrogen-bond acceptors (Lipinski definition) is 3. The largest absolute Gasteiger partial charge is 0.409 e. The van der Waals surface area contributed by atoms with Gasteiger partial charge in [0.25, 0.3) is 0 Å². The number of nitrogens with zero attached hydrogens (tertiary/aromatic N) is 1. The van der Waals surface area contributed by atoms with Gasteiger partial charge >= 0.3 is 0 Å². The number of benzene rings is 1. The van der Waals surface area contributed by atoms with Crippen molar-refractivity contribution in [2.24, 2.45) is 10.9 Å². The third kappa shape index (κ3) is 3.12. The fourth-order valence-corrected chi connectivity index (χ4v) is 1.47. The average Bonchev–Trinajstić information content (AvgIpc) is 2.23. The lowest BCUT2D eigenvalue weighted by atomic mass is 10.1. The van der Waals surface area contributed by atoms with Gasteiger partial charge < -0.3 is 16.3 Å². The van der Waals surface area contributed by atoms with Gasteiger partial charge in [-0.25, -0.2) is 4.39 Å². The SMILES string of the molecule is Cc1cccc(F)c1NC(C)C/C(N)=N/O. The molecule has 0 saturated carbocycles. The second-order valence-corrected chi connectivity index (χ2v) is 3.77. The first-order valence-electron chi connectivity index (χ1n) is 5.02. The lowest BCUT2D eigenvalue weighted by Crippen LogP contribution is -2.25. The first-order chi connectivity index (χ1) is 7.54. The Kier molecular flexibility index (Phi) is 4.10. The molecule has 0 fully saturated rings. The third-order valence-electron chi connectivity index (χ3n) is 2.26. The minimum atomic E-state index is -0.300. The van der Waals surface area contributed by atoms with Gasteiger partial charge in [0, 0.05) is 12.5 Å². The number of amidine groups is 1. The molecule has 4 nitrogen and oxygen atoms in total. The van der Waals surface area contributed by atoms with E-state index in [1.54, 1.807) is 6.07 Å². The number of hydrogen-bond donors (Lipinski definition) is 3. The molecule has 0 radical (unpaired) electrons. The second kappa shape index (κ2) is 5.34. The summed E-state index contributed by atoms with van der Waals surface area (Å²) in [6.07, 6.45) is 0.351. The predicted molar refractivity (Wildman–Crippen MR) is 62.2 cm³/mol. The zero-order chi connectivity index (χ0) is 12.1. The highest BCUT2D eigenvalue weighted by atomic mass is 19.1. The maximum Gasteiger partial charge on any atom is 0.146 e. The molecule has 0 aliphatic heterocycles. The molecular formula is C11H16FN3O. The first kappa shape index (κ1) is 12.3. The molecule has 16 heavy (non-hydrogen) atoms. The van der Waals surface area contributed by atoms with E-state index in [1.807, 2.05) is 19.9 Å². The van der Waals surface area contributed by atoms with Gasteiger partial charge in [0.2, 0.25) is 0 Å². The summed E-state index contributed by atoms with van der Waals surface area (Å²) in [5.41, 5.74) is 6.65. The molecule has 0 amide bonds. The minimum absolute atomic E-state index is 0.105. The smallest absolute Gasteiger partial charge is 0.146 e. The number of aryl methyl sites for hydroxylation is 1. The number of rotatable bonds is 4. The van der Waals surface area contributed by atoms with Crippen molar-refractivity contribution >= 4 is 11.5 Å². The van der Waals surface area contributed by atoms with Crippen molar-refractivity contribution in [3.05, 3.63) is 29.6 Å². The van der Waals surface area contributed by atoms with E-state index in [4.69, 9.17) is 10.9 Å². The summed E-state index contributed by atoms with van der Waals surface area (Å²) in [6.45, 7) is 3.66. The Hall–Kier alpha value is -1.78. The zero-order valence-corrected chi connectivity index (χ0v) is 9.37. The van der Waals surface area contributed by atoms with Crippen molar-refractivity contribution in [3.8, 4) is 0 Å². The van der Waals surface area contributed by atoms with E-state index in [1.165, 1.54) is 6.07 Å². The maximum atomic E-state index is 13.5. The van der Waals surface area contributed by atoms with Crippen LogP contribution in [0.3, 0.4) is 0 Å². The fourth-order valence-electron chi connectivity index (χ4n) is 1.47. The number of nitrogens with one attached hydrogen (secondary N) is 1. The van der Waals surface area contributed by atoms with Crippen LogP contribution in [0.15, 0.2) is 23.4 Å². The summed E-state index contributed by atoms with van der Waals surface area (Å²) in [4.78, 5) is 0. The van der Waals surface area contributed by atoms with E-state index >= 15 is 0 Å². The van der Waals surface area contributed by atoms with Crippen molar-refractivity contribution in [2.45, 2.75) is 26.3 Å². The highest BCUT2D eigenvalue weighted by Crippen LogP contribution is 2.20. The number of halogens is 1. The average molecular weight is 225 g/mol. The van der Waals surface area contributed by atoms with Crippen LogP contribution in [0.1, 0.15) is 18.9 Å². The van der Waals surface area contributed by atoms with Crippen LogP contribution in [0.25, 0.3) is 0 Å². The molecule has 0 aliphatic rings. The first-order valence-corrected chi connectivity index (χ1v) is 5.02. The molecule has 0 aromatic heterocycles. The molecule has 1 aromatic rings. The Balaban J connectivity index is 2.73. The van der Waals surface area contributed by atoms with Crippen LogP contribution < -0.4 is 11.1 Å². The van der Waals surface area contributed by atoms with E-state index in [2.05, 4.69) is 10.5 Å². The quantitative estimate of drug-likeness (QED) is 0.318. The topological polar surface area (TPSA) is 70.6 Å². The number of para-hydroxylation sites is 1. The highest BCUT2D eigenvalue weighted by Gasteiger charge is 2.10. The normalized spacial score (nSPS) is 13.6. The highest BCUT2D eigenvalue weighted by molar-refractivity contribution is 5.80. The van der Waals surface area contributed by atoms with Gasteiger partial charge in [-0.05, 0) is 25.5 Å². The van der Waals surface area contributed by atoms with Gasteiger partial charge in [-0.3, -0.25) is 0 Å². The van der Waals surface area contributed by atoms with Crippen molar-refractivity contribution in [3.63, 3.8) is 0 Å². The molecule has 0 bridgehead atoms. The van der Waals surface area contributed by atoms with Gasteiger partial charge in [-0.2, -0.15) is 0 Å². The van der Waals surface area contributed by atoms with Crippen LogP contribution in [-0.2, 0) is 0 Å². The Bertz CT molecular complexity index is 373. The summed E-state index contributed by atoms with van der Waals surface area (Å²) >= 11 is 0. The van der Waals surface area contributed by atoms with Gasteiger partial charge in [0.1, 0.15) is 11.7 Å². The Morgan fingerprint density at radius 3 is 2.88 bits per heavy atom. The molecule has 1 aromatic carbocycles.